The molecule has 6 rings (SSSR count). The molecule has 0 saturated carbocycles. The topological polar surface area (TPSA) is 74.7 Å². The molecule has 7 nitrogen and oxygen atoms in total. The van der Waals surface area contributed by atoms with Crippen molar-refractivity contribution < 1.29 is 0 Å². The minimum Gasteiger partial charge on any atom is -0.371 e. The summed E-state index contributed by atoms with van der Waals surface area (Å²) in [7, 11) is 2.02. The van der Waals surface area contributed by atoms with E-state index >= 15 is 0 Å². The van der Waals surface area contributed by atoms with E-state index in [1.807, 2.05) is 36.0 Å². The monoisotopic (exact) mass is 421 g/mol. The Bertz CT molecular complexity index is 1330. The van der Waals surface area contributed by atoms with E-state index in [0.717, 1.165) is 54.5 Å². The first-order chi connectivity index (χ1) is 15.7. The van der Waals surface area contributed by atoms with Gasteiger partial charge in [-0.15, -0.1) is 0 Å². The second kappa shape index (κ2) is 7.36. The van der Waals surface area contributed by atoms with Gasteiger partial charge in [0.2, 0.25) is 0 Å². The number of fused-ring (bicyclic) bond motifs is 5. The maximum absolute atomic E-state index is 9.09. The summed E-state index contributed by atoms with van der Waals surface area (Å²) >= 11 is 0. The zero-order chi connectivity index (χ0) is 21.7. The molecule has 0 radical (unpaired) electrons. The van der Waals surface area contributed by atoms with E-state index in [9.17, 15) is 0 Å². The Morgan fingerprint density at radius 1 is 1.09 bits per heavy atom. The molecule has 0 atom stereocenters. The van der Waals surface area contributed by atoms with Gasteiger partial charge in [0.1, 0.15) is 6.33 Å². The Kier molecular flexibility index (Phi) is 4.33. The molecule has 0 amide bonds. The highest BCUT2D eigenvalue weighted by atomic mass is 15.4. The lowest BCUT2D eigenvalue weighted by molar-refractivity contribution is 0.397. The van der Waals surface area contributed by atoms with Crippen LogP contribution in [0.15, 0.2) is 61.1 Å². The van der Waals surface area contributed by atoms with E-state index in [0.29, 0.717) is 11.5 Å². The average molecular weight is 422 g/mol. The number of hydrogen-bond donors (Lipinski definition) is 1. The van der Waals surface area contributed by atoms with Gasteiger partial charge >= 0.3 is 0 Å². The summed E-state index contributed by atoms with van der Waals surface area (Å²) in [6.07, 6.45) is 3.79. The highest BCUT2D eigenvalue weighted by Crippen LogP contribution is 2.35. The van der Waals surface area contributed by atoms with Gasteiger partial charge in [0.05, 0.1) is 23.0 Å². The number of hydrogen-bond acceptors (Lipinski definition) is 5. The first kappa shape index (κ1) is 18.8. The van der Waals surface area contributed by atoms with Gasteiger partial charge in [-0.25, -0.2) is 9.67 Å². The summed E-state index contributed by atoms with van der Waals surface area (Å²) in [5, 5.41) is 16.9. The zero-order valence-corrected chi connectivity index (χ0v) is 17.9. The molecule has 1 N–H and O–H groups in total. The van der Waals surface area contributed by atoms with E-state index in [2.05, 4.69) is 61.4 Å². The number of nitriles is 1. The van der Waals surface area contributed by atoms with Crippen LogP contribution in [0.25, 0.3) is 28.3 Å². The lowest BCUT2D eigenvalue weighted by atomic mass is 9.98. The highest BCUT2D eigenvalue weighted by Gasteiger charge is 2.28. The van der Waals surface area contributed by atoms with Gasteiger partial charge in [-0.3, -0.25) is 0 Å². The molecule has 158 valence electrons. The molecule has 7 heteroatoms. The van der Waals surface area contributed by atoms with Crippen molar-refractivity contribution in [3.8, 4) is 34.4 Å². The SMILES string of the molecule is CNCC1CN(c2ccc3c(c2)Cn2cc(-c4ccc(C#N)cc4)cc2-c2ncnn2-3)C1. The molecule has 2 aliphatic heterocycles. The summed E-state index contributed by atoms with van der Waals surface area (Å²) in [5.41, 5.74) is 7.47. The average Bonchev–Trinajstić information content (AvgIpc) is 3.41. The normalized spacial score (nSPS) is 14.7. The summed E-state index contributed by atoms with van der Waals surface area (Å²) in [6, 6.07) is 18.7. The van der Waals surface area contributed by atoms with Crippen LogP contribution in [0.3, 0.4) is 0 Å². The Labute approximate surface area is 186 Å². The molecule has 2 aromatic carbocycles. The molecule has 2 aromatic heterocycles. The molecule has 2 aliphatic rings. The van der Waals surface area contributed by atoms with E-state index in [1.54, 1.807) is 6.33 Å². The van der Waals surface area contributed by atoms with E-state index in [-0.39, 0.29) is 0 Å². The number of benzene rings is 2. The van der Waals surface area contributed by atoms with E-state index < -0.39 is 0 Å². The Morgan fingerprint density at radius 2 is 1.94 bits per heavy atom. The molecule has 4 heterocycles. The smallest absolute Gasteiger partial charge is 0.179 e. The van der Waals surface area contributed by atoms with Gasteiger partial charge in [0, 0.05) is 49.5 Å². The number of anilines is 1. The summed E-state index contributed by atoms with van der Waals surface area (Å²) < 4.78 is 4.20. The van der Waals surface area contributed by atoms with Crippen LogP contribution in [0.5, 0.6) is 0 Å². The van der Waals surface area contributed by atoms with Crippen molar-refractivity contribution >= 4 is 5.69 Å². The molecule has 32 heavy (non-hydrogen) atoms. The largest absolute Gasteiger partial charge is 0.371 e. The second-order valence-corrected chi connectivity index (χ2v) is 8.57. The summed E-state index contributed by atoms with van der Waals surface area (Å²) in [5.74, 6) is 1.56. The number of rotatable bonds is 4. The Hall–Kier alpha value is -3.89. The van der Waals surface area contributed by atoms with Crippen LogP contribution in [-0.2, 0) is 6.54 Å². The predicted octanol–water partition coefficient (Wildman–Crippen LogP) is 3.29. The van der Waals surface area contributed by atoms with Gasteiger partial charge in [-0.2, -0.15) is 10.4 Å². The molecule has 1 saturated heterocycles. The minimum atomic E-state index is 0.665. The molecular formula is C25H23N7. The second-order valence-electron chi connectivity index (χ2n) is 8.57. The summed E-state index contributed by atoms with van der Waals surface area (Å²) in [6.45, 7) is 4.00. The maximum Gasteiger partial charge on any atom is 0.179 e. The zero-order valence-electron chi connectivity index (χ0n) is 17.9. The molecule has 4 aromatic rings. The number of nitrogens with zero attached hydrogens (tertiary/aromatic N) is 6. The molecule has 0 bridgehead atoms. The molecule has 0 aliphatic carbocycles. The van der Waals surface area contributed by atoms with Crippen LogP contribution in [0.4, 0.5) is 5.69 Å². The first-order valence-electron chi connectivity index (χ1n) is 10.9. The predicted molar refractivity (Wildman–Crippen MR) is 124 cm³/mol. The molecular weight excluding hydrogens is 398 g/mol. The van der Waals surface area contributed by atoms with Gasteiger partial charge in [-0.05, 0) is 54.6 Å². The van der Waals surface area contributed by atoms with Gasteiger partial charge in [0.15, 0.2) is 5.82 Å². The van der Waals surface area contributed by atoms with Crippen LogP contribution < -0.4 is 10.2 Å². The van der Waals surface area contributed by atoms with Crippen LogP contribution >= 0.6 is 0 Å². The van der Waals surface area contributed by atoms with Crippen molar-refractivity contribution in [3.63, 3.8) is 0 Å². The van der Waals surface area contributed by atoms with E-state index in [4.69, 9.17) is 5.26 Å². The Balaban J connectivity index is 1.38. The maximum atomic E-state index is 9.09. The van der Waals surface area contributed by atoms with Crippen molar-refractivity contribution in [3.05, 3.63) is 72.2 Å². The van der Waals surface area contributed by atoms with Crippen molar-refractivity contribution in [2.45, 2.75) is 6.54 Å². The molecule has 0 unspecified atom stereocenters. The quantitative estimate of drug-likeness (QED) is 0.482. The van der Waals surface area contributed by atoms with Crippen LogP contribution in [0.1, 0.15) is 11.1 Å². The third-order valence-corrected chi connectivity index (χ3v) is 6.47. The third kappa shape index (κ3) is 3.00. The Morgan fingerprint density at radius 3 is 2.72 bits per heavy atom. The first-order valence-corrected chi connectivity index (χ1v) is 10.9. The van der Waals surface area contributed by atoms with Crippen LogP contribution in [-0.4, -0.2) is 46.0 Å². The number of nitrogens with one attached hydrogen (secondary N) is 1. The summed E-state index contributed by atoms with van der Waals surface area (Å²) in [4.78, 5) is 7.02. The van der Waals surface area contributed by atoms with Crippen molar-refractivity contribution in [2.75, 3.05) is 31.6 Å². The van der Waals surface area contributed by atoms with Crippen molar-refractivity contribution in [1.29, 1.82) is 5.26 Å². The van der Waals surface area contributed by atoms with Crippen LogP contribution in [0.2, 0.25) is 0 Å². The standard InChI is InChI=1S/C25H23N7/c1-27-11-18-12-30(13-18)22-6-7-23-21(8-22)15-31-14-20(19-4-2-17(10-26)3-5-19)9-24(31)25-28-16-29-32(23)25/h2-9,14,16,18,27H,11-13,15H2,1H3. The van der Waals surface area contributed by atoms with E-state index in [1.165, 1.54) is 11.3 Å². The lowest BCUT2D eigenvalue weighted by Crippen LogP contribution is -2.50. The fraction of sp³-hybridized carbons (Fsp3) is 0.240. The van der Waals surface area contributed by atoms with Gasteiger partial charge in [0.25, 0.3) is 0 Å². The van der Waals surface area contributed by atoms with Crippen molar-refractivity contribution in [1.82, 2.24) is 24.6 Å². The fourth-order valence-electron chi connectivity index (χ4n) is 4.80. The minimum absolute atomic E-state index is 0.665. The number of aromatic nitrogens is 4. The third-order valence-electron chi connectivity index (χ3n) is 6.47. The van der Waals surface area contributed by atoms with Crippen LogP contribution in [0, 0.1) is 17.2 Å². The molecule has 1 fully saturated rings. The van der Waals surface area contributed by atoms with Crippen molar-refractivity contribution in [2.24, 2.45) is 5.92 Å². The van der Waals surface area contributed by atoms with Gasteiger partial charge < -0.3 is 14.8 Å². The highest BCUT2D eigenvalue weighted by molar-refractivity contribution is 5.72. The van der Waals surface area contributed by atoms with Gasteiger partial charge in [-0.1, -0.05) is 12.1 Å². The lowest BCUT2D eigenvalue weighted by Gasteiger charge is -2.41. The molecule has 0 spiro atoms. The fourth-order valence-corrected chi connectivity index (χ4v) is 4.80.